The molecule has 130 valence electrons. The summed E-state index contributed by atoms with van der Waals surface area (Å²) in [5.41, 5.74) is 2.17. The Balaban J connectivity index is 1.71. The van der Waals surface area contributed by atoms with E-state index in [1.807, 2.05) is 44.2 Å². The maximum absolute atomic E-state index is 5.50. The van der Waals surface area contributed by atoms with Crippen molar-refractivity contribution in [2.45, 2.75) is 13.8 Å². The van der Waals surface area contributed by atoms with E-state index >= 15 is 0 Å². The predicted octanol–water partition coefficient (Wildman–Crippen LogP) is 5.81. The molecule has 0 spiro atoms. The third-order valence-electron chi connectivity index (χ3n) is 3.99. The van der Waals surface area contributed by atoms with Crippen LogP contribution in [0.2, 0.25) is 0 Å². The third kappa shape index (κ3) is 3.39. The highest BCUT2D eigenvalue weighted by molar-refractivity contribution is 7.21. The number of nitrogens with one attached hydrogen (secondary N) is 1. The van der Waals surface area contributed by atoms with Gasteiger partial charge in [-0.2, -0.15) is 0 Å². The third-order valence-corrected chi connectivity index (χ3v) is 5.07. The van der Waals surface area contributed by atoms with Gasteiger partial charge in [-0.3, -0.25) is 0 Å². The zero-order chi connectivity index (χ0) is 17.9. The van der Waals surface area contributed by atoms with Crippen LogP contribution in [-0.4, -0.2) is 16.6 Å². The standard InChI is InChI=1S/C21H19N3OS/c1-3-25-17-11-9-16(10-12-17)24-20-18-13-19(15-7-5-4-6-8-15)26-21(18)23-14(2)22-20/h4-13H,3H2,1-2H3,(H,22,23,24). The molecule has 0 radical (unpaired) electrons. The molecule has 4 aromatic rings. The van der Waals surface area contributed by atoms with Gasteiger partial charge in [0, 0.05) is 10.6 Å². The number of aryl methyl sites for hydroxylation is 1. The summed E-state index contributed by atoms with van der Waals surface area (Å²) in [6, 6.07) is 20.4. The van der Waals surface area contributed by atoms with Crippen LogP contribution >= 0.6 is 11.3 Å². The van der Waals surface area contributed by atoms with Gasteiger partial charge in [-0.1, -0.05) is 30.3 Å². The molecule has 0 atom stereocenters. The number of hydrogen-bond donors (Lipinski definition) is 1. The number of ether oxygens (including phenoxy) is 1. The van der Waals surface area contributed by atoms with E-state index in [9.17, 15) is 0 Å². The maximum atomic E-state index is 5.50. The van der Waals surface area contributed by atoms with Crippen LogP contribution in [0.15, 0.2) is 60.7 Å². The summed E-state index contributed by atoms with van der Waals surface area (Å²) in [5, 5.41) is 4.46. The highest BCUT2D eigenvalue weighted by Crippen LogP contribution is 2.36. The lowest BCUT2D eigenvalue weighted by atomic mass is 10.2. The van der Waals surface area contributed by atoms with Gasteiger partial charge in [0.2, 0.25) is 0 Å². The lowest BCUT2D eigenvalue weighted by Gasteiger charge is -2.09. The summed E-state index contributed by atoms with van der Waals surface area (Å²) in [6.45, 7) is 4.56. The van der Waals surface area contributed by atoms with Crippen LogP contribution in [0.25, 0.3) is 20.7 Å². The van der Waals surface area contributed by atoms with Gasteiger partial charge in [0.05, 0.1) is 12.0 Å². The second-order valence-electron chi connectivity index (χ2n) is 5.90. The van der Waals surface area contributed by atoms with E-state index < -0.39 is 0 Å². The molecule has 0 saturated heterocycles. The van der Waals surface area contributed by atoms with E-state index in [0.29, 0.717) is 6.61 Å². The Morgan fingerprint density at radius 1 is 1.00 bits per heavy atom. The van der Waals surface area contributed by atoms with Crippen LogP contribution in [0, 0.1) is 6.92 Å². The molecule has 2 aromatic carbocycles. The number of nitrogens with zero attached hydrogens (tertiary/aromatic N) is 2. The predicted molar refractivity (Wildman–Crippen MR) is 108 cm³/mol. The van der Waals surface area contributed by atoms with Crippen LogP contribution in [0.4, 0.5) is 11.5 Å². The number of rotatable bonds is 5. The molecular formula is C21H19N3OS. The number of hydrogen-bond acceptors (Lipinski definition) is 5. The van der Waals surface area contributed by atoms with Crippen LogP contribution in [0.5, 0.6) is 5.75 Å². The monoisotopic (exact) mass is 361 g/mol. The summed E-state index contributed by atoms with van der Waals surface area (Å²) in [5.74, 6) is 2.45. The zero-order valence-electron chi connectivity index (χ0n) is 14.7. The molecular weight excluding hydrogens is 342 g/mol. The zero-order valence-corrected chi connectivity index (χ0v) is 15.5. The molecule has 4 nitrogen and oxygen atoms in total. The van der Waals surface area contributed by atoms with Crippen molar-refractivity contribution >= 4 is 33.1 Å². The lowest BCUT2D eigenvalue weighted by molar-refractivity contribution is 0.340. The second-order valence-corrected chi connectivity index (χ2v) is 6.93. The Labute approximate surface area is 156 Å². The summed E-state index contributed by atoms with van der Waals surface area (Å²) in [6.07, 6.45) is 0. The maximum Gasteiger partial charge on any atom is 0.142 e. The number of fused-ring (bicyclic) bond motifs is 1. The smallest absolute Gasteiger partial charge is 0.142 e. The van der Waals surface area contributed by atoms with Crippen LogP contribution in [-0.2, 0) is 0 Å². The molecule has 5 heteroatoms. The first kappa shape index (κ1) is 16.5. The minimum Gasteiger partial charge on any atom is -0.494 e. The minimum absolute atomic E-state index is 0.662. The van der Waals surface area contributed by atoms with Gasteiger partial charge in [-0.05, 0) is 49.7 Å². The summed E-state index contributed by atoms with van der Waals surface area (Å²) >= 11 is 1.69. The molecule has 4 rings (SSSR count). The van der Waals surface area contributed by atoms with Crippen molar-refractivity contribution in [3.05, 3.63) is 66.5 Å². The molecule has 1 N–H and O–H groups in total. The highest BCUT2D eigenvalue weighted by atomic mass is 32.1. The second kappa shape index (κ2) is 7.14. The summed E-state index contributed by atoms with van der Waals surface area (Å²) in [4.78, 5) is 11.4. The van der Waals surface area contributed by atoms with E-state index in [1.165, 1.54) is 10.4 Å². The van der Waals surface area contributed by atoms with Gasteiger partial charge in [-0.15, -0.1) is 11.3 Å². The Morgan fingerprint density at radius 3 is 2.50 bits per heavy atom. The van der Waals surface area contributed by atoms with Crippen molar-refractivity contribution in [1.82, 2.24) is 9.97 Å². The Morgan fingerprint density at radius 2 is 1.77 bits per heavy atom. The highest BCUT2D eigenvalue weighted by Gasteiger charge is 2.12. The summed E-state index contributed by atoms with van der Waals surface area (Å²) < 4.78 is 5.50. The number of thiophene rings is 1. The Kier molecular flexibility index (Phi) is 4.54. The van der Waals surface area contributed by atoms with Crippen molar-refractivity contribution in [3.63, 3.8) is 0 Å². The Bertz CT molecular complexity index is 1030. The average molecular weight is 361 g/mol. The molecule has 0 saturated carbocycles. The van der Waals surface area contributed by atoms with Crippen LogP contribution in [0.3, 0.4) is 0 Å². The number of anilines is 2. The number of benzene rings is 2. The minimum atomic E-state index is 0.662. The normalized spacial score (nSPS) is 10.8. The van der Waals surface area contributed by atoms with Crippen LogP contribution in [0.1, 0.15) is 12.7 Å². The quantitative estimate of drug-likeness (QED) is 0.487. The molecule has 2 heterocycles. The first-order valence-electron chi connectivity index (χ1n) is 8.56. The van der Waals surface area contributed by atoms with Crippen molar-refractivity contribution in [3.8, 4) is 16.2 Å². The molecule has 0 aliphatic heterocycles. The molecule has 0 fully saturated rings. The molecule has 2 aromatic heterocycles. The van der Waals surface area contributed by atoms with Crippen LogP contribution < -0.4 is 10.1 Å². The van der Waals surface area contributed by atoms with Gasteiger partial charge >= 0.3 is 0 Å². The first-order chi connectivity index (χ1) is 12.7. The van der Waals surface area contributed by atoms with Crippen molar-refractivity contribution < 1.29 is 4.74 Å². The average Bonchev–Trinajstić information content (AvgIpc) is 3.08. The van der Waals surface area contributed by atoms with E-state index in [-0.39, 0.29) is 0 Å². The SMILES string of the molecule is CCOc1ccc(Nc2nc(C)nc3sc(-c4ccccc4)cc23)cc1. The molecule has 0 aliphatic rings. The fourth-order valence-corrected chi connectivity index (χ4v) is 3.89. The van der Waals surface area contributed by atoms with E-state index in [1.54, 1.807) is 11.3 Å². The molecule has 0 aliphatic carbocycles. The fourth-order valence-electron chi connectivity index (χ4n) is 2.81. The number of aromatic nitrogens is 2. The van der Waals surface area contributed by atoms with E-state index in [4.69, 9.17) is 4.74 Å². The molecule has 0 amide bonds. The topological polar surface area (TPSA) is 47.0 Å². The van der Waals surface area contributed by atoms with Gasteiger partial charge in [0.1, 0.15) is 22.2 Å². The molecule has 0 bridgehead atoms. The Hall–Kier alpha value is -2.92. The van der Waals surface area contributed by atoms with Gasteiger partial charge < -0.3 is 10.1 Å². The fraction of sp³-hybridized carbons (Fsp3) is 0.143. The first-order valence-corrected chi connectivity index (χ1v) is 9.38. The molecule has 0 unspecified atom stereocenters. The lowest BCUT2D eigenvalue weighted by Crippen LogP contribution is -1.98. The van der Waals surface area contributed by atoms with Gasteiger partial charge in [0.25, 0.3) is 0 Å². The van der Waals surface area contributed by atoms with Gasteiger partial charge in [0.15, 0.2) is 0 Å². The van der Waals surface area contributed by atoms with Crippen molar-refractivity contribution in [2.24, 2.45) is 0 Å². The van der Waals surface area contributed by atoms with Crippen molar-refractivity contribution in [1.29, 1.82) is 0 Å². The van der Waals surface area contributed by atoms with E-state index in [2.05, 4.69) is 45.6 Å². The van der Waals surface area contributed by atoms with E-state index in [0.717, 1.165) is 33.3 Å². The summed E-state index contributed by atoms with van der Waals surface area (Å²) in [7, 11) is 0. The van der Waals surface area contributed by atoms with Crippen molar-refractivity contribution in [2.75, 3.05) is 11.9 Å². The molecule has 26 heavy (non-hydrogen) atoms. The largest absolute Gasteiger partial charge is 0.494 e. The van der Waals surface area contributed by atoms with Gasteiger partial charge in [-0.25, -0.2) is 9.97 Å².